The van der Waals surface area contributed by atoms with Crippen molar-refractivity contribution < 1.29 is 36.6 Å². The second-order valence-electron chi connectivity index (χ2n) is 10.3. The molecule has 0 aliphatic carbocycles. The third-order valence-corrected chi connectivity index (χ3v) is 8.54. The van der Waals surface area contributed by atoms with E-state index >= 15 is 0 Å². The molecule has 0 aromatic heterocycles. The number of carboxylic acids is 1. The van der Waals surface area contributed by atoms with Crippen molar-refractivity contribution in [3.63, 3.8) is 0 Å². The molecule has 0 radical (unpaired) electrons. The summed E-state index contributed by atoms with van der Waals surface area (Å²) in [6.45, 7) is 2.19. The second-order valence-corrected chi connectivity index (χ2v) is 12.1. The normalized spacial score (nSPS) is 23.3. The van der Waals surface area contributed by atoms with Gasteiger partial charge in [0.25, 0.3) is 0 Å². The van der Waals surface area contributed by atoms with Gasteiger partial charge in [-0.15, -0.1) is 0 Å². The number of piperidine rings is 1. The molecule has 7 nitrogen and oxygen atoms in total. The number of aliphatic carboxylic acids is 1. The van der Waals surface area contributed by atoms with Gasteiger partial charge in [0.2, 0.25) is 17.2 Å². The zero-order valence-electron chi connectivity index (χ0n) is 21.9. The van der Waals surface area contributed by atoms with Crippen molar-refractivity contribution in [1.82, 2.24) is 9.21 Å². The molecule has 5 atom stereocenters. The fraction of sp³-hybridized carbons (Fsp3) is 0.481. The number of rotatable bonds is 11. The van der Waals surface area contributed by atoms with Crippen LogP contribution in [0.15, 0.2) is 48.5 Å². The first-order valence-corrected chi connectivity index (χ1v) is 14.5. The van der Waals surface area contributed by atoms with Gasteiger partial charge in [0.1, 0.15) is 0 Å². The Morgan fingerprint density at radius 1 is 1.18 bits per heavy atom. The lowest BCUT2D eigenvalue weighted by Gasteiger charge is -2.52. The number of carboxylic acid groups (broad SMARTS) is 1. The highest BCUT2D eigenvalue weighted by Crippen LogP contribution is 2.52. The van der Waals surface area contributed by atoms with Crippen LogP contribution in [-0.4, -0.2) is 60.3 Å². The van der Waals surface area contributed by atoms with Crippen LogP contribution in [0.1, 0.15) is 62.6 Å². The highest BCUT2D eigenvalue weighted by atomic mass is 35.5. The van der Waals surface area contributed by atoms with Crippen molar-refractivity contribution in [2.24, 2.45) is 5.41 Å². The summed E-state index contributed by atoms with van der Waals surface area (Å²) in [5.41, 5.74) is 0.0474. The van der Waals surface area contributed by atoms with Gasteiger partial charge >= 0.3 is 12.1 Å². The Balaban J connectivity index is 2.18. The highest BCUT2D eigenvalue weighted by Gasteiger charge is 2.52. The average Bonchev–Trinajstić information content (AvgIpc) is 2.85. The van der Waals surface area contributed by atoms with Gasteiger partial charge in [-0.05, 0) is 48.2 Å². The summed E-state index contributed by atoms with van der Waals surface area (Å²) >= 11 is 9.70. The van der Waals surface area contributed by atoms with Crippen LogP contribution in [0.4, 0.5) is 13.2 Å². The highest BCUT2D eigenvalue weighted by molar-refractivity contribution is 7.76. The first-order chi connectivity index (χ1) is 18.6. The van der Waals surface area contributed by atoms with Gasteiger partial charge in [-0.1, -0.05) is 61.3 Å². The smallest absolute Gasteiger partial charge is 0.390 e. The average molecular weight is 624 g/mol. The predicted octanol–water partition coefficient (Wildman–Crippen LogP) is 6.70. The molecule has 1 amide bonds. The summed E-state index contributed by atoms with van der Waals surface area (Å²) in [4.78, 5) is 27.6. The number of carbonyl (C=O) groups excluding carboxylic acids is 1. The molecule has 0 bridgehead atoms. The third-order valence-electron chi connectivity index (χ3n) is 7.28. The molecule has 1 saturated heterocycles. The zero-order valence-corrected chi connectivity index (χ0v) is 24.2. The molecule has 1 unspecified atom stereocenters. The molecule has 220 valence electrons. The van der Waals surface area contributed by atoms with Crippen molar-refractivity contribution in [3.8, 4) is 0 Å². The Kier molecular flexibility index (Phi) is 10.7. The number of amides is 1. The van der Waals surface area contributed by atoms with E-state index in [0.29, 0.717) is 15.6 Å². The number of hydrogen-bond acceptors (Lipinski definition) is 3. The topological polar surface area (TPSA) is 98.2 Å². The zero-order chi connectivity index (χ0) is 29.8. The summed E-state index contributed by atoms with van der Waals surface area (Å²) in [6.07, 6.45) is -5.97. The van der Waals surface area contributed by atoms with Gasteiger partial charge < -0.3 is 10.0 Å². The van der Waals surface area contributed by atoms with Gasteiger partial charge in [0.15, 0.2) is 0 Å². The molecule has 1 fully saturated rings. The second kappa shape index (κ2) is 13.2. The van der Waals surface area contributed by atoms with Crippen molar-refractivity contribution >= 4 is 46.3 Å². The van der Waals surface area contributed by atoms with Crippen molar-refractivity contribution in [3.05, 3.63) is 69.7 Å². The number of halogens is 5. The van der Waals surface area contributed by atoms with Crippen LogP contribution in [0, 0.1) is 5.41 Å². The fourth-order valence-corrected chi connectivity index (χ4v) is 6.29. The molecule has 13 heteroatoms. The molecule has 2 aromatic rings. The largest absolute Gasteiger partial charge is 0.481 e. The Morgan fingerprint density at radius 2 is 1.82 bits per heavy atom. The summed E-state index contributed by atoms with van der Waals surface area (Å²) < 4.78 is 61.6. The van der Waals surface area contributed by atoms with Crippen LogP contribution < -0.4 is 0 Å². The monoisotopic (exact) mass is 622 g/mol. The van der Waals surface area contributed by atoms with Gasteiger partial charge in [0.05, 0.1) is 24.3 Å². The van der Waals surface area contributed by atoms with E-state index in [1.807, 2.05) is 6.07 Å². The molecule has 0 saturated carbocycles. The molecule has 2 aromatic carbocycles. The molecule has 3 rings (SSSR count). The van der Waals surface area contributed by atoms with Crippen LogP contribution in [0.25, 0.3) is 0 Å². The molecular formula is C27H31Cl2F3N2O5S. The van der Waals surface area contributed by atoms with Crippen LogP contribution in [-0.2, 0) is 20.9 Å². The van der Waals surface area contributed by atoms with E-state index in [9.17, 15) is 36.6 Å². The van der Waals surface area contributed by atoms with E-state index < -0.39 is 72.1 Å². The van der Waals surface area contributed by atoms with Gasteiger partial charge in [-0.3, -0.25) is 14.1 Å². The SMILES string of the molecule is CC[C@@H](CN(CCC(F)(F)F)S(=O)O)N1C(=O)[C@@](C)(CC(=O)O)C[C@H](c2cccc(Cl)c2)[C@H]1c1ccc(Cl)cc1. The number of nitrogens with zero attached hydrogens (tertiary/aromatic N) is 2. The number of carbonyl (C=O) groups is 2. The first kappa shape index (κ1) is 32.3. The molecular weight excluding hydrogens is 592 g/mol. The minimum atomic E-state index is -4.55. The van der Waals surface area contributed by atoms with E-state index in [-0.39, 0.29) is 19.4 Å². The molecule has 1 aliphatic rings. The Labute approximate surface area is 243 Å². The fourth-order valence-electron chi connectivity index (χ4n) is 5.41. The summed E-state index contributed by atoms with van der Waals surface area (Å²) in [5.74, 6) is -2.14. The Hall–Kier alpha value is -2.18. The van der Waals surface area contributed by atoms with Gasteiger partial charge in [0, 0.05) is 35.1 Å². The quantitative estimate of drug-likeness (QED) is 0.272. The number of benzene rings is 2. The Bertz CT molecular complexity index is 1230. The minimum absolute atomic E-state index is 0.155. The summed E-state index contributed by atoms with van der Waals surface area (Å²) in [6, 6.07) is 12.3. The maximum absolute atomic E-state index is 14.2. The van der Waals surface area contributed by atoms with E-state index in [2.05, 4.69) is 0 Å². The van der Waals surface area contributed by atoms with Crippen LogP contribution in [0.2, 0.25) is 10.0 Å². The maximum Gasteiger partial charge on any atom is 0.390 e. The summed E-state index contributed by atoms with van der Waals surface area (Å²) in [5, 5.41) is 10.6. The van der Waals surface area contributed by atoms with Crippen molar-refractivity contribution in [2.75, 3.05) is 13.1 Å². The predicted molar refractivity (Wildman–Crippen MR) is 147 cm³/mol. The van der Waals surface area contributed by atoms with Crippen LogP contribution >= 0.6 is 23.2 Å². The molecule has 1 heterocycles. The van der Waals surface area contributed by atoms with Crippen molar-refractivity contribution in [1.29, 1.82) is 0 Å². The maximum atomic E-state index is 14.2. The molecule has 0 spiro atoms. The lowest BCUT2D eigenvalue weighted by atomic mass is 9.67. The lowest BCUT2D eigenvalue weighted by molar-refractivity contribution is -0.161. The number of hydrogen-bond donors (Lipinski definition) is 2. The van der Waals surface area contributed by atoms with E-state index in [0.717, 1.165) is 9.87 Å². The van der Waals surface area contributed by atoms with E-state index in [1.165, 1.54) is 4.90 Å². The Morgan fingerprint density at radius 3 is 2.35 bits per heavy atom. The van der Waals surface area contributed by atoms with Crippen molar-refractivity contribution in [2.45, 2.75) is 63.7 Å². The minimum Gasteiger partial charge on any atom is -0.481 e. The molecule has 2 N–H and O–H groups in total. The number of alkyl halides is 3. The van der Waals surface area contributed by atoms with Gasteiger partial charge in [-0.2, -0.15) is 17.5 Å². The van der Waals surface area contributed by atoms with Crippen LogP contribution in [0.5, 0.6) is 0 Å². The lowest BCUT2D eigenvalue weighted by Crippen LogP contribution is -2.58. The third kappa shape index (κ3) is 7.97. The van der Waals surface area contributed by atoms with Gasteiger partial charge in [-0.25, -0.2) is 4.21 Å². The van der Waals surface area contributed by atoms with Crippen LogP contribution in [0.3, 0.4) is 0 Å². The molecule has 1 aliphatic heterocycles. The van der Waals surface area contributed by atoms with E-state index in [1.54, 1.807) is 56.3 Å². The van der Waals surface area contributed by atoms with E-state index in [4.69, 9.17) is 23.2 Å². The first-order valence-electron chi connectivity index (χ1n) is 12.6. The number of likely N-dealkylation sites (tertiary alicyclic amines) is 1. The standard InChI is InChI=1S/C27H31Cl2F3N2O5S/c1-3-21(16-33(40(38)39)12-11-27(30,31)32)34-24(17-7-9-19(28)10-8-17)22(18-5-4-6-20(29)13-18)14-26(2,25(34)37)15-23(35)36/h4-10,13,21-22,24H,3,11-12,14-16H2,1-2H3,(H,35,36)(H,38,39)/t21-,22+,24+,26+/m0/s1. The summed E-state index contributed by atoms with van der Waals surface area (Å²) in [7, 11) is 0. The molecule has 40 heavy (non-hydrogen) atoms.